The van der Waals surface area contributed by atoms with Crippen molar-refractivity contribution in [3.63, 3.8) is 0 Å². The summed E-state index contributed by atoms with van der Waals surface area (Å²) in [6.45, 7) is 2.07. The number of hydrogen-bond acceptors (Lipinski definition) is 2. The van der Waals surface area contributed by atoms with Crippen molar-refractivity contribution >= 4 is 0 Å². The molecule has 66 valence electrons. The molecule has 3 nitrogen and oxygen atoms in total. The van der Waals surface area contributed by atoms with E-state index in [1.807, 2.05) is 23.7 Å². The van der Waals surface area contributed by atoms with Crippen LogP contribution in [0.2, 0.25) is 0 Å². The van der Waals surface area contributed by atoms with Gasteiger partial charge in [-0.05, 0) is 12.5 Å². The molecule has 0 saturated carbocycles. The lowest BCUT2D eigenvalue weighted by Crippen LogP contribution is -1.92. The summed E-state index contributed by atoms with van der Waals surface area (Å²) in [6, 6.07) is 8.16. The fourth-order valence-corrected chi connectivity index (χ4v) is 1.35. The highest BCUT2D eigenvalue weighted by Gasteiger charge is 2.05. The highest BCUT2D eigenvalue weighted by molar-refractivity contribution is 5.59. The highest BCUT2D eigenvalue weighted by atomic mass is 15.2. The molecular formula is C10H11N3. The smallest absolute Gasteiger partial charge is 0.163 e. The molecule has 2 aromatic rings. The Kier molecular flexibility index (Phi) is 1.85. The maximum atomic E-state index is 4.06. The molecule has 1 aromatic heterocycles. The van der Waals surface area contributed by atoms with Gasteiger partial charge in [0, 0.05) is 12.6 Å². The maximum Gasteiger partial charge on any atom is 0.163 e. The summed E-state index contributed by atoms with van der Waals surface area (Å²) in [7, 11) is 1.95. The fraction of sp³-hybridized carbons (Fsp3) is 0.200. The average Bonchev–Trinajstić information content (AvgIpc) is 2.52. The van der Waals surface area contributed by atoms with Gasteiger partial charge in [-0.2, -0.15) is 0 Å². The van der Waals surface area contributed by atoms with Crippen LogP contribution in [0.15, 0.2) is 30.6 Å². The molecule has 0 spiro atoms. The molecule has 0 N–H and O–H groups in total. The van der Waals surface area contributed by atoms with Crippen molar-refractivity contribution in [2.75, 3.05) is 0 Å². The molecule has 1 heterocycles. The van der Waals surface area contributed by atoms with E-state index >= 15 is 0 Å². The van der Waals surface area contributed by atoms with Crippen LogP contribution in [-0.4, -0.2) is 14.8 Å². The van der Waals surface area contributed by atoms with Crippen molar-refractivity contribution in [1.82, 2.24) is 14.8 Å². The third-order valence-electron chi connectivity index (χ3n) is 2.10. The number of hydrogen-bond donors (Lipinski definition) is 0. The largest absolute Gasteiger partial charge is 0.317 e. The molecule has 0 saturated heterocycles. The minimum Gasteiger partial charge on any atom is -0.317 e. The van der Waals surface area contributed by atoms with Crippen LogP contribution in [0, 0.1) is 6.92 Å². The maximum absolute atomic E-state index is 4.06. The van der Waals surface area contributed by atoms with Crippen molar-refractivity contribution in [2.24, 2.45) is 7.05 Å². The zero-order valence-electron chi connectivity index (χ0n) is 7.73. The van der Waals surface area contributed by atoms with Gasteiger partial charge < -0.3 is 4.57 Å². The van der Waals surface area contributed by atoms with E-state index in [9.17, 15) is 0 Å². The van der Waals surface area contributed by atoms with Gasteiger partial charge in [0.05, 0.1) is 0 Å². The second kappa shape index (κ2) is 3.01. The number of benzene rings is 1. The molecule has 0 unspecified atom stereocenters. The van der Waals surface area contributed by atoms with Crippen LogP contribution in [0.4, 0.5) is 0 Å². The highest BCUT2D eigenvalue weighted by Crippen LogP contribution is 2.19. The first-order chi connectivity index (χ1) is 6.29. The number of rotatable bonds is 1. The van der Waals surface area contributed by atoms with Gasteiger partial charge in [0.2, 0.25) is 0 Å². The Hall–Kier alpha value is -1.64. The van der Waals surface area contributed by atoms with E-state index in [1.54, 1.807) is 6.33 Å². The zero-order chi connectivity index (χ0) is 9.26. The van der Waals surface area contributed by atoms with Crippen molar-refractivity contribution in [3.8, 4) is 11.4 Å². The van der Waals surface area contributed by atoms with Gasteiger partial charge in [0.25, 0.3) is 0 Å². The van der Waals surface area contributed by atoms with Gasteiger partial charge in [-0.25, -0.2) is 0 Å². The summed E-state index contributed by atoms with van der Waals surface area (Å²) < 4.78 is 1.92. The molecule has 13 heavy (non-hydrogen) atoms. The van der Waals surface area contributed by atoms with Crippen molar-refractivity contribution in [3.05, 3.63) is 36.2 Å². The first-order valence-corrected chi connectivity index (χ1v) is 4.19. The van der Waals surface area contributed by atoms with Gasteiger partial charge in [-0.15, -0.1) is 10.2 Å². The van der Waals surface area contributed by atoms with Crippen LogP contribution in [0.3, 0.4) is 0 Å². The van der Waals surface area contributed by atoms with Gasteiger partial charge in [0.1, 0.15) is 6.33 Å². The Morgan fingerprint density at radius 2 is 2.00 bits per heavy atom. The zero-order valence-corrected chi connectivity index (χ0v) is 7.73. The van der Waals surface area contributed by atoms with E-state index in [2.05, 4.69) is 29.3 Å². The van der Waals surface area contributed by atoms with Crippen LogP contribution in [-0.2, 0) is 7.05 Å². The molecule has 0 fully saturated rings. The van der Waals surface area contributed by atoms with Crippen molar-refractivity contribution in [1.29, 1.82) is 0 Å². The Bertz CT molecular complexity index is 418. The summed E-state index contributed by atoms with van der Waals surface area (Å²) in [5, 5.41) is 7.91. The van der Waals surface area contributed by atoms with E-state index in [1.165, 1.54) is 5.56 Å². The lowest BCUT2D eigenvalue weighted by Gasteiger charge is -2.03. The summed E-state index contributed by atoms with van der Waals surface area (Å²) in [4.78, 5) is 0. The normalized spacial score (nSPS) is 10.3. The lowest BCUT2D eigenvalue weighted by molar-refractivity contribution is 0.918. The summed E-state index contributed by atoms with van der Waals surface area (Å²) >= 11 is 0. The minimum atomic E-state index is 0.915. The van der Waals surface area contributed by atoms with Crippen LogP contribution in [0.25, 0.3) is 11.4 Å². The molecule has 0 bridgehead atoms. The molecule has 0 aliphatic rings. The molecular weight excluding hydrogens is 162 g/mol. The van der Waals surface area contributed by atoms with Crippen molar-refractivity contribution < 1.29 is 0 Å². The van der Waals surface area contributed by atoms with E-state index in [-0.39, 0.29) is 0 Å². The van der Waals surface area contributed by atoms with Crippen molar-refractivity contribution in [2.45, 2.75) is 6.92 Å². The standard InChI is InChI=1S/C10H11N3/c1-8-5-3-4-6-9(8)10-12-11-7-13(10)2/h3-7H,1-2H3. The monoisotopic (exact) mass is 173 g/mol. The third kappa shape index (κ3) is 1.33. The van der Waals surface area contributed by atoms with E-state index in [0.29, 0.717) is 0 Å². The Morgan fingerprint density at radius 1 is 1.23 bits per heavy atom. The summed E-state index contributed by atoms with van der Waals surface area (Å²) in [5.41, 5.74) is 2.36. The second-order valence-electron chi connectivity index (χ2n) is 3.08. The number of aromatic nitrogens is 3. The van der Waals surface area contributed by atoms with Gasteiger partial charge in [-0.3, -0.25) is 0 Å². The Labute approximate surface area is 77.0 Å². The van der Waals surface area contributed by atoms with Crippen LogP contribution in [0.5, 0.6) is 0 Å². The first kappa shape index (κ1) is 7.98. The molecule has 3 heteroatoms. The molecule has 1 aromatic carbocycles. The summed E-state index contributed by atoms with van der Waals surface area (Å²) in [5.74, 6) is 0.915. The van der Waals surface area contributed by atoms with Gasteiger partial charge in [0.15, 0.2) is 5.82 Å². The van der Waals surface area contributed by atoms with Gasteiger partial charge >= 0.3 is 0 Å². The van der Waals surface area contributed by atoms with Crippen LogP contribution >= 0.6 is 0 Å². The average molecular weight is 173 g/mol. The molecule has 0 aliphatic carbocycles. The quantitative estimate of drug-likeness (QED) is 0.658. The first-order valence-electron chi connectivity index (χ1n) is 4.19. The third-order valence-corrected chi connectivity index (χ3v) is 2.10. The van der Waals surface area contributed by atoms with E-state index in [4.69, 9.17) is 0 Å². The topological polar surface area (TPSA) is 30.7 Å². The second-order valence-corrected chi connectivity index (χ2v) is 3.08. The molecule has 2 rings (SSSR count). The molecule has 0 atom stereocenters. The van der Waals surface area contributed by atoms with E-state index < -0.39 is 0 Å². The number of nitrogens with zero attached hydrogens (tertiary/aromatic N) is 3. The Morgan fingerprint density at radius 3 is 2.62 bits per heavy atom. The van der Waals surface area contributed by atoms with E-state index in [0.717, 1.165) is 11.4 Å². The SMILES string of the molecule is Cc1ccccc1-c1nncn1C. The molecule has 0 amide bonds. The minimum absolute atomic E-state index is 0.915. The van der Waals surface area contributed by atoms with Crippen LogP contribution in [0.1, 0.15) is 5.56 Å². The Balaban J connectivity index is 2.59. The molecule has 0 radical (unpaired) electrons. The predicted octanol–water partition coefficient (Wildman–Crippen LogP) is 1.79. The predicted molar refractivity (Wildman–Crippen MR) is 51.2 cm³/mol. The van der Waals surface area contributed by atoms with Gasteiger partial charge in [-0.1, -0.05) is 24.3 Å². The van der Waals surface area contributed by atoms with Crippen LogP contribution < -0.4 is 0 Å². The summed E-state index contributed by atoms with van der Waals surface area (Å²) in [6.07, 6.45) is 1.71. The fourth-order valence-electron chi connectivity index (χ4n) is 1.35. The molecule has 0 aliphatic heterocycles. The lowest BCUT2D eigenvalue weighted by atomic mass is 10.1. The number of aryl methyl sites for hydroxylation is 2.